The fraction of sp³-hybridized carbons (Fsp3) is 0.333. The van der Waals surface area contributed by atoms with E-state index in [1.807, 2.05) is 0 Å². The number of allylic oxidation sites excluding steroid dienone is 1. The van der Waals surface area contributed by atoms with Crippen LogP contribution in [0.4, 0.5) is 0 Å². The second kappa shape index (κ2) is 16.4. The van der Waals surface area contributed by atoms with Crippen LogP contribution in [0.2, 0.25) is 0 Å². The average Bonchev–Trinajstić information content (AvgIpc) is 1.69. The van der Waals surface area contributed by atoms with E-state index in [1.165, 1.54) is 0 Å². The molecular formula is C3H9ClO2Si. The molecule has 0 unspecified atom stereocenters. The highest BCUT2D eigenvalue weighted by molar-refractivity contribution is 6.18. The number of rotatable bonds is 1. The third-order valence-electron chi connectivity index (χ3n) is 0.109. The number of hydrogen-bond donors (Lipinski definition) is 2. The predicted molar refractivity (Wildman–Crippen MR) is 33.9 cm³/mol. The fourth-order valence-electron chi connectivity index (χ4n) is 0. The lowest BCUT2D eigenvalue weighted by molar-refractivity contribution is 0.448. The maximum absolute atomic E-state index is 7.26. The minimum absolute atomic E-state index is 0.556. The quantitative estimate of drug-likeness (QED) is 0.290. The van der Waals surface area contributed by atoms with Crippen molar-refractivity contribution in [2.45, 2.75) is 0 Å². The van der Waals surface area contributed by atoms with E-state index < -0.39 is 10.0 Å². The normalized spacial score (nSPS) is 6.14. The van der Waals surface area contributed by atoms with Crippen LogP contribution in [0.5, 0.6) is 0 Å². The van der Waals surface area contributed by atoms with E-state index in [4.69, 9.17) is 21.2 Å². The lowest BCUT2D eigenvalue weighted by Gasteiger charge is -1.55. The lowest BCUT2D eigenvalue weighted by atomic mass is 10.8. The van der Waals surface area contributed by atoms with Gasteiger partial charge in [0, 0.05) is 5.88 Å². The SMILES string of the molecule is C=CCCl.O[SiH2]O. The average molecular weight is 141 g/mol. The standard InChI is InChI=1S/C3H5Cl.H4O2Si/c1-2-3-4;1-3-2/h2H,1,3H2;1-2H,3H2. The van der Waals surface area contributed by atoms with Crippen LogP contribution in [0.3, 0.4) is 0 Å². The van der Waals surface area contributed by atoms with Crippen LogP contribution in [-0.4, -0.2) is 25.5 Å². The zero-order valence-electron chi connectivity index (χ0n) is 3.97. The van der Waals surface area contributed by atoms with Gasteiger partial charge in [-0.15, -0.1) is 18.2 Å². The molecule has 4 heteroatoms. The number of alkyl halides is 1. The van der Waals surface area contributed by atoms with Gasteiger partial charge < -0.3 is 9.59 Å². The van der Waals surface area contributed by atoms with Crippen molar-refractivity contribution in [2.75, 3.05) is 5.88 Å². The molecule has 0 saturated carbocycles. The highest BCUT2D eigenvalue weighted by atomic mass is 35.5. The van der Waals surface area contributed by atoms with Crippen LogP contribution in [0.1, 0.15) is 0 Å². The second-order valence-corrected chi connectivity index (χ2v) is 1.18. The van der Waals surface area contributed by atoms with E-state index in [-0.39, 0.29) is 0 Å². The van der Waals surface area contributed by atoms with Gasteiger partial charge in [-0.1, -0.05) is 6.08 Å². The van der Waals surface area contributed by atoms with E-state index in [0.717, 1.165) is 0 Å². The van der Waals surface area contributed by atoms with E-state index in [1.54, 1.807) is 6.08 Å². The molecule has 0 fully saturated rings. The summed E-state index contributed by atoms with van der Waals surface area (Å²) in [7, 11) is -1.58. The Balaban J connectivity index is 0. The van der Waals surface area contributed by atoms with Gasteiger partial charge in [0.05, 0.1) is 0 Å². The molecule has 2 nitrogen and oxygen atoms in total. The van der Waals surface area contributed by atoms with Crippen molar-refractivity contribution in [1.29, 1.82) is 0 Å². The molecular weight excluding hydrogens is 132 g/mol. The Hall–Kier alpha value is 0.167. The van der Waals surface area contributed by atoms with Gasteiger partial charge in [0.15, 0.2) is 0 Å². The second-order valence-electron chi connectivity index (χ2n) is 0.584. The summed E-state index contributed by atoms with van der Waals surface area (Å²) in [6, 6.07) is 0. The van der Waals surface area contributed by atoms with E-state index in [0.29, 0.717) is 5.88 Å². The Morgan fingerprint density at radius 3 is 1.86 bits per heavy atom. The molecule has 0 aliphatic carbocycles. The van der Waals surface area contributed by atoms with E-state index in [9.17, 15) is 0 Å². The zero-order chi connectivity index (χ0) is 6.12. The van der Waals surface area contributed by atoms with E-state index >= 15 is 0 Å². The van der Waals surface area contributed by atoms with Gasteiger partial charge in [-0.05, 0) is 0 Å². The lowest BCUT2D eigenvalue weighted by Crippen LogP contribution is -1.75. The monoisotopic (exact) mass is 140 g/mol. The van der Waals surface area contributed by atoms with Crippen molar-refractivity contribution < 1.29 is 9.59 Å². The van der Waals surface area contributed by atoms with Crippen LogP contribution < -0.4 is 0 Å². The minimum Gasteiger partial charge on any atom is -0.415 e. The number of halogens is 1. The van der Waals surface area contributed by atoms with Gasteiger partial charge in [0.25, 0.3) is 10.0 Å². The Labute approximate surface area is 50.5 Å². The van der Waals surface area contributed by atoms with Crippen molar-refractivity contribution >= 4 is 21.6 Å². The molecule has 0 atom stereocenters. The van der Waals surface area contributed by atoms with Crippen molar-refractivity contribution in [3.8, 4) is 0 Å². The van der Waals surface area contributed by atoms with Gasteiger partial charge >= 0.3 is 0 Å². The molecule has 7 heavy (non-hydrogen) atoms. The summed E-state index contributed by atoms with van der Waals surface area (Å²) in [6.07, 6.45) is 1.64. The molecule has 0 saturated heterocycles. The molecule has 0 radical (unpaired) electrons. The summed E-state index contributed by atoms with van der Waals surface area (Å²) in [4.78, 5) is 14.5. The first-order valence-electron chi connectivity index (χ1n) is 1.72. The molecule has 0 heterocycles. The molecule has 0 aliphatic rings. The predicted octanol–water partition coefficient (Wildman–Crippen LogP) is -0.619. The summed E-state index contributed by atoms with van der Waals surface area (Å²) in [6.45, 7) is 3.35. The van der Waals surface area contributed by atoms with Crippen LogP contribution >= 0.6 is 11.6 Å². The molecule has 0 aromatic carbocycles. The third-order valence-corrected chi connectivity index (χ3v) is 0.327. The van der Waals surface area contributed by atoms with Crippen molar-refractivity contribution in [2.24, 2.45) is 0 Å². The summed E-state index contributed by atoms with van der Waals surface area (Å²) in [5, 5.41) is 0. The fourth-order valence-corrected chi connectivity index (χ4v) is 0. The molecule has 0 aromatic heterocycles. The summed E-state index contributed by atoms with van der Waals surface area (Å²) >= 11 is 5.07. The van der Waals surface area contributed by atoms with Crippen molar-refractivity contribution in [3.05, 3.63) is 12.7 Å². The molecule has 2 N–H and O–H groups in total. The highest BCUT2D eigenvalue weighted by Crippen LogP contribution is 1.67. The van der Waals surface area contributed by atoms with Crippen molar-refractivity contribution in [3.63, 3.8) is 0 Å². The first kappa shape index (κ1) is 10.2. The summed E-state index contributed by atoms with van der Waals surface area (Å²) in [5.74, 6) is 0.556. The van der Waals surface area contributed by atoms with Gasteiger partial charge in [-0.2, -0.15) is 0 Å². The third kappa shape index (κ3) is 78.6. The Morgan fingerprint density at radius 2 is 1.86 bits per heavy atom. The summed E-state index contributed by atoms with van der Waals surface area (Å²) < 4.78 is 0. The number of hydrogen-bond acceptors (Lipinski definition) is 2. The molecule has 0 aromatic rings. The van der Waals surface area contributed by atoms with Crippen molar-refractivity contribution in [1.82, 2.24) is 0 Å². The zero-order valence-corrected chi connectivity index (χ0v) is 6.14. The van der Waals surface area contributed by atoms with Gasteiger partial charge in [0.2, 0.25) is 0 Å². The largest absolute Gasteiger partial charge is 0.415 e. The Bertz CT molecular complexity index is 34.1. The van der Waals surface area contributed by atoms with Crippen LogP contribution in [0, 0.1) is 0 Å². The molecule has 0 rings (SSSR count). The molecule has 44 valence electrons. The Kier molecular flexibility index (Phi) is 23.9. The van der Waals surface area contributed by atoms with Crippen LogP contribution in [0.25, 0.3) is 0 Å². The van der Waals surface area contributed by atoms with Gasteiger partial charge in [0.1, 0.15) is 0 Å². The molecule has 0 aliphatic heterocycles. The highest BCUT2D eigenvalue weighted by Gasteiger charge is 1.48. The summed E-state index contributed by atoms with van der Waals surface area (Å²) in [5.41, 5.74) is 0. The maximum Gasteiger partial charge on any atom is 0.299 e. The van der Waals surface area contributed by atoms with Gasteiger partial charge in [-0.3, -0.25) is 0 Å². The Morgan fingerprint density at radius 1 is 1.71 bits per heavy atom. The first-order chi connectivity index (χ1) is 3.33. The van der Waals surface area contributed by atoms with Crippen LogP contribution in [0.15, 0.2) is 12.7 Å². The minimum atomic E-state index is -1.58. The van der Waals surface area contributed by atoms with E-state index in [2.05, 4.69) is 6.58 Å². The maximum atomic E-state index is 7.26. The smallest absolute Gasteiger partial charge is 0.299 e. The first-order valence-corrected chi connectivity index (χ1v) is 3.52. The molecule has 0 bridgehead atoms. The molecule has 0 amide bonds. The molecule has 0 spiro atoms. The topological polar surface area (TPSA) is 40.5 Å². The van der Waals surface area contributed by atoms with Gasteiger partial charge in [-0.25, -0.2) is 0 Å². The van der Waals surface area contributed by atoms with Crippen LogP contribution in [-0.2, 0) is 0 Å².